The molecule has 1 aliphatic carbocycles. The largest absolute Gasteiger partial charge is 0.489 e. The van der Waals surface area contributed by atoms with Gasteiger partial charge in [0.25, 0.3) is 5.91 Å². The number of benzene rings is 1. The molecule has 0 radical (unpaired) electrons. The number of carbonyl (C=O) groups excluding carboxylic acids is 1. The molecule has 3 aliphatic rings. The van der Waals surface area contributed by atoms with Crippen molar-refractivity contribution in [2.75, 3.05) is 32.7 Å². The summed E-state index contributed by atoms with van der Waals surface area (Å²) >= 11 is 0. The summed E-state index contributed by atoms with van der Waals surface area (Å²) in [6.07, 6.45) is 13.0. The van der Waals surface area contributed by atoms with Crippen LogP contribution >= 0.6 is 0 Å². The first-order chi connectivity index (χ1) is 13.3. The van der Waals surface area contributed by atoms with Gasteiger partial charge < -0.3 is 14.5 Å². The fourth-order valence-corrected chi connectivity index (χ4v) is 4.61. The minimum Gasteiger partial charge on any atom is -0.489 e. The molecule has 27 heavy (non-hydrogen) atoms. The first-order valence-electron chi connectivity index (χ1n) is 10.7. The molecule has 2 heterocycles. The highest BCUT2D eigenvalue weighted by Crippen LogP contribution is 2.27. The van der Waals surface area contributed by atoms with Gasteiger partial charge in [0.2, 0.25) is 0 Å². The molecule has 4 nitrogen and oxygen atoms in total. The van der Waals surface area contributed by atoms with E-state index in [1.54, 1.807) is 0 Å². The number of nitrogens with zero attached hydrogens (tertiary/aromatic N) is 2. The summed E-state index contributed by atoms with van der Waals surface area (Å²) in [4.78, 5) is 17.4. The molecule has 4 heteroatoms. The van der Waals surface area contributed by atoms with Crippen LogP contribution in [0, 0.1) is 5.92 Å². The maximum absolute atomic E-state index is 12.8. The predicted octanol–water partition coefficient (Wildman–Crippen LogP) is 4.12. The molecule has 0 saturated carbocycles. The molecular weight excluding hydrogens is 336 g/mol. The van der Waals surface area contributed by atoms with Gasteiger partial charge in [-0.2, -0.15) is 0 Å². The van der Waals surface area contributed by atoms with Crippen LogP contribution in [-0.2, 0) is 0 Å². The Balaban J connectivity index is 1.31. The summed E-state index contributed by atoms with van der Waals surface area (Å²) in [5, 5.41) is 0. The minimum atomic E-state index is 0.130. The number of piperidine rings is 1. The van der Waals surface area contributed by atoms with Gasteiger partial charge in [0.15, 0.2) is 0 Å². The average molecular weight is 369 g/mol. The number of hydrogen-bond acceptors (Lipinski definition) is 3. The van der Waals surface area contributed by atoms with Gasteiger partial charge in [0.05, 0.1) is 5.56 Å². The lowest BCUT2D eigenvalue weighted by molar-refractivity contribution is 0.0757. The van der Waals surface area contributed by atoms with Crippen molar-refractivity contribution < 1.29 is 9.53 Å². The van der Waals surface area contributed by atoms with Crippen LogP contribution < -0.4 is 4.74 Å². The second kappa shape index (κ2) is 8.92. The number of allylic oxidation sites excluding steroid dienone is 2. The van der Waals surface area contributed by atoms with Crippen molar-refractivity contribution in [1.29, 1.82) is 0 Å². The Hall–Kier alpha value is -1.81. The third-order valence-electron chi connectivity index (χ3n) is 6.23. The fourth-order valence-electron chi connectivity index (χ4n) is 4.61. The van der Waals surface area contributed by atoms with E-state index in [0.29, 0.717) is 0 Å². The van der Waals surface area contributed by atoms with Crippen LogP contribution in [0.25, 0.3) is 0 Å². The second-order valence-corrected chi connectivity index (χ2v) is 8.26. The molecule has 0 unspecified atom stereocenters. The van der Waals surface area contributed by atoms with E-state index in [2.05, 4.69) is 17.1 Å². The Bertz CT molecular complexity index is 658. The van der Waals surface area contributed by atoms with Crippen LogP contribution in [0.1, 0.15) is 55.3 Å². The highest BCUT2D eigenvalue weighted by Gasteiger charge is 2.26. The Morgan fingerprint density at radius 1 is 1.00 bits per heavy atom. The second-order valence-electron chi connectivity index (χ2n) is 8.26. The Labute approximate surface area is 163 Å². The molecule has 0 N–H and O–H groups in total. The zero-order chi connectivity index (χ0) is 18.5. The van der Waals surface area contributed by atoms with Crippen LogP contribution in [-0.4, -0.2) is 54.5 Å². The number of amides is 1. The van der Waals surface area contributed by atoms with Crippen molar-refractivity contribution in [2.24, 2.45) is 5.92 Å². The molecular formula is C23H32N2O2. The third kappa shape index (κ3) is 4.73. The van der Waals surface area contributed by atoms with Gasteiger partial charge in [0.1, 0.15) is 11.9 Å². The molecule has 2 fully saturated rings. The van der Waals surface area contributed by atoms with Crippen LogP contribution in [0.3, 0.4) is 0 Å². The Morgan fingerprint density at radius 3 is 2.52 bits per heavy atom. The third-order valence-corrected chi connectivity index (χ3v) is 6.23. The SMILES string of the molecule is O=C(c1ccccc1OC1CCN(C[C@H]2CC=CCC2)CC1)N1CCCC1. The number of para-hydroxylation sites is 1. The monoisotopic (exact) mass is 368 g/mol. The molecule has 1 aromatic rings. The lowest BCUT2D eigenvalue weighted by atomic mass is 9.93. The van der Waals surface area contributed by atoms with Gasteiger partial charge in [-0.15, -0.1) is 0 Å². The first kappa shape index (κ1) is 18.5. The molecule has 0 spiro atoms. The van der Waals surface area contributed by atoms with Crippen molar-refractivity contribution in [3.8, 4) is 5.75 Å². The summed E-state index contributed by atoms with van der Waals surface area (Å²) in [7, 11) is 0. The van der Waals surface area contributed by atoms with Gasteiger partial charge in [-0.3, -0.25) is 4.79 Å². The normalized spacial score (nSPS) is 24.3. The van der Waals surface area contributed by atoms with E-state index in [-0.39, 0.29) is 12.0 Å². The number of ether oxygens (including phenoxy) is 1. The highest BCUT2D eigenvalue weighted by molar-refractivity contribution is 5.97. The number of carbonyl (C=O) groups is 1. The summed E-state index contributed by atoms with van der Waals surface area (Å²) in [6, 6.07) is 7.80. The molecule has 1 amide bonds. The van der Waals surface area contributed by atoms with Crippen LogP contribution in [0.5, 0.6) is 5.75 Å². The predicted molar refractivity (Wildman–Crippen MR) is 108 cm³/mol. The highest BCUT2D eigenvalue weighted by atomic mass is 16.5. The van der Waals surface area contributed by atoms with Crippen molar-refractivity contribution in [2.45, 2.75) is 51.0 Å². The average Bonchev–Trinajstić information content (AvgIpc) is 3.25. The van der Waals surface area contributed by atoms with Gasteiger partial charge in [-0.05, 0) is 63.0 Å². The van der Waals surface area contributed by atoms with E-state index in [1.807, 2.05) is 29.2 Å². The van der Waals surface area contributed by atoms with Crippen molar-refractivity contribution >= 4 is 5.91 Å². The van der Waals surface area contributed by atoms with Crippen molar-refractivity contribution in [3.05, 3.63) is 42.0 Å². The lowest BCUT2D eigenvalue weighted by Gasteiger charge is -2.35. The molecule has 0 bridgehead atoms. The summed E-state index contributed by atoms with van der Waals surface area (Å²) in [6.45, 7) is 5.19. The van der Waals surface area contributed by atoms with Gasteiger partial charge >= 0.3 is 0 Å². The van der Waals surface area contributed by atoms with Gasteiger partial charge in [0, 0.05) is 32.7 Å². The molecule has 2 aliphatic heterocycles. The van der Waals surface area contributed by atoms with Crippen LogP contribution in [0.4, 0.5) is 0 Å². The fraction of sp³-hybridized carbons (Fsp3) is 0.609. The smallest absolute Gasteiger partial charge is 0.257 e. The summed E-state index contributed by atoms with van der Waals surface area (Å²) in [5.41, 5.74) is 0.732. The molecule has 2 saturated heterocycles. The topological polar surface area (TPSA) is 32.8 Å². The van der Waals surface area contributed by atoms with E-state index in [0.717, 1.165) is 69.1 Å². The van der Waals surface area contributed by atoms with E-state index >= 15 is 0 Å². The quantitative estimate of drug-likeness (QED) is 0.733. The lowest BCUT2D eigenvalue weighted by Crippen LogP contribution is -2.41. The zero-order valence-corrected chi connectivity index (χ0v) is 16.3. The van der Waals surface area contributed by atoms with Crippen LogP contribution in [0.15, 0.2) is 36.4 Å². The maximum Gasteiger partial charge on any atom is 0.257 e. The number of rotatable bonds is 5. The van der Waals surface area contributed by atoms with Crippen molar-refractivity contribution in [1.82, 2.24) is 9.80 Å². The Kier molecular flexibility index (Phi) is 6.13. The molecule has 1 atom stereocenters. The van der Waals surface area contributed by atoms with Gasteiger partial charge in [-0.1, -0.05) is 24.3 Å². The Morgan fingerprint density at radius 2 is 1.78 bits per heavy atom. The summed E-state index contributed by atoms with van der Waals surface area (Å²) < 4.78 is 6.32. The van der Waals surface area contributed by atoms with Crippen molar-refractivity contribution in [3.63, 3.8) is 0 Å². The molecule has 1 aromatic carbocycles. The molecule has 0 aromatic heterocycles. The number of likely N-dealkylation sites (tertiary alicyclic amines) is 2. The maximum atomic E-state index is 12.8. The zero-order valence-electron chi connectivity index (χ0n) is 16.3. The minimum absolute atomic E-state index is 0.130. The standard InChI is InChI=1S/C23H32N2O2/c26-23(25-14-6-7-15-25)21-10-4-5-11-22(21)27-20-12-16-24(17-13-20)18-19-8-2-1-3-9-19/h1-2,4-5,10-11,19-20H,3,6-9,12-18H2/t19-/m0/s1. The first-order valence-corrected chi connectivity index (χ1v) is 10.7. The molecule has 146 valence electrons. The van der Waals surface area contributed by atoms with E-state index in [9.17, 15) is 4.79 Å². The van der Waals surface area contributed by atoms with E-state index < -0.39 is 0 Å². The van der Waals surface area contributed by atoms with Gasteiger partial charge in [-0.25, -0.2) is 0 Å². The number of hydrogen-bond donors (Lipinski definition) is 0. The summed E-state index contributed by atoms with van der Waals surface area (Å²) in [5.74, 6) is 1.72. The van der Waals surface area contributed by atoms with Crippen LogP contribution in [0.2, 0.25) is 0 Å². The van der Waals surface area contributed by atoms with E-state index in [4.69, 9.17) is 4.74 Å². The van der Waals surface area contributed by atoms with E-state index in [1.165, 1.54) is 25.8 Å². The molecule has 4 rings (SSSR count).